The number of hydrogen-bond acceptors (Lipinski definition) is 2. The second-order valence-electron chi connectivity index (χ2n) is 3.90. The van der Waals surface area contributed by atoms with Gasteiger partial charge in [-0.1, -0.05) is 22.0 Å². The minimum Gasteiger partial charge on any atom is -0.477 e. The fourth-order valence-corrected chi connectivity index (χ4v) is 2.00. The van der Waals surface area contributed by atoms with Gasteiger partial charge in [0.15, 0.2) is 5.78 Å². The quantitative estimate of drug-likeness (QED) is 0.856. The van der Waals surface area contributed by atoms with Gasteiger partial charge < -0.3 is 10.1 Å². The minimum absolute atomic E-state index is 0.00556. The third-order valence-corrected chi connectivity index (χ3v) is 3.11. The number of benzene rings is 1. The van der Waals surface area contributed by atoms with Crippen molar-refractivity contribution >= 4 is 27.7 Å². The van der Waals surface area contributed by atoms with E-state index in [1.807, 2.05) is 19.1 Å². The molecule has 1 aromatic carbocycles. The highest BCUT2D eigenvalue weighted by atomic mass is 79.9. The molecule has 92 valence electrons. The Morgan fingerprint density at radius 3 is 2.61 bits per heavy atom. The molecule has 2 aromatic rings. The van der Waals surface area contributed by atoms with Crippen LogP contribution in [0.5, 0.6) is 0 Å². The number of rotatable bonds is 3. The molecule has 4 nitrogen and oxygen atoms in total. The van der Waals surface area contributed by atoms with Gasteiger partial charge in [0.05, 0.1) is 0 Å². The zero-order chi connectivity index (χ0) is 13.3. The molecule has 0 bridgehead atoms. The van der Waals surface area contributed by atoms with E-state index in [4.69, 9.17) is 5.11 Å². The summed E-state index contributed by atoms with van der Waals surface area (Å²) >= 11 is 3.31. The summed E-state index contributed by atoms with van der Waals surface area (Å²) in [6.07, 6.45) is 1.41. The van der Waals surface area contributed by atoms with Crippen molar-refractivity contribution in [3.05, 3.63) is 57.3 Å². The molecule has 1 aromatic heterocycles. The first-order chi connectivity index (χ1) is 8.49. The Morgan fingerprint density at radius 1 is 1.28 bits per heavy atom. The highest BCUT2D eigenvalue weighted by molar-refractivity contribution is 9.10. The summed E-state index contributed by atoms with van der Waals surface area (Å²) in [5.74, 6) is -1.28. The highest BCUT2D eigenvalue weighted by Gasteiger charge is 2.15. The van der Waals surface area contributed by atoms with Gasteiger partial charge in [0, 0.05) is 21.8 Å². The van der Waals surface area contributed by atoms with Gasteiger partial charge in [0.1, 0.15) is 5.69 Å². The molecule has 0 saturated heterocycles. The van der Waals surface area contributed by atoms with Crippen LogP contribution in [-0.2, 0) is 0 Å². The van der Waals surface area contributed by atoms with Crippen molar-refractivity contribution in [1.82, 2.24) is 4.98 Å². The number of halogens is 1. The molecule has 0 unspecified atom stereocenters. The number of carbonyl (C=O) groups is 2. The van der Waals surface area contributed by atoms with Crippen LogP contribution in [0.4, 0.5) is 0 Å². The lowest BCUT2D eigenvalue weighted by Crippen LogP contribution is -2.02. The number of aromatic nitrogens is 1. The fourth-order valence-electron chi connectivity index (χ4n) is 1.64. The van der Waals surface area contributed by atoms with E-state index in [-0.39, 0.29) is 11.5 Å². The van der Waals surface area contributed by atoms with Crippen molar-refractivity contribution < 1.29 is 14.7 Å². The van der Waals surface area contributed by atoms with E-state index in [9.17, 15) is 9.59 Å². The van der Waals surface area contributed by atoms with Crippen LogP contribution in [0.2, 0.25) is 0 Å². The molecule has 18 heavy (non-hydrogen) atoms. The topological polar surface area (TPSA) is 70.2 Å². The van der Waals surface area contributed by atoms with E-state index in [0.717, 1.165) is 10.0 Å². The second kappa shape index (κ2) is 4.78. The molecule has 0 fully saturated rings. The molecule has 0 aliphatic rings. The largest absolute Gasteiger partial charge is 0.477 e. The zero-order valence-corrected chi connectivity index (χ0v) is 11.1. The van der Waals surface area contributed by atoms with Gasteiger partial charge in [-0.3, -0.25) is 4.79 Å². The van der Waals surface area contributed by atoms with Gasteiger partial charge in [-0.15, -0.1) is 0 Å². The van der Waals surface area contributed by atoms with Crippen molar-refractivity contribution in [2.45, 2.75) is 6.92 Å². The van der Waals surface area contributed by atoms with E-state index in [1.54, 1.807) is 6.07 Å². The number of nitrogens with one attached hydrogen (secondary N) is 1. The summed E-state index contributed by atoms with van der Waals surface area (Å²) in [6.45, 7) is 1.84. The predicted molar refractivity (Wildman–Crippen MR) is 70.1 cm³/mol. The van der Waals surface area contributed by atoms with Gasteiger partial charge >= 0.3 is 5.97 Å². The zero-order valence-electron chi connectivity index (χ0n) is 9.53. The lowest BCUT2D eigenvalue weighted by molar-refractivity contribution is 0.0691. The average Bonchev–Trinajstić information content (AvgIpc) is 2.81. The molecule has 1 heterocycles. The summed E-state index contributed by atoms with van der Waals surface area (Å²) < 4.78 is 0.811. The number of H-pyrrole nitrogens is 1. The van der Waals surface area contributed by atoms with Crippen LogP contribution >= 0.6 is 15.9 Å². The van der Waals surface area contributed by atoms with Gasteiger partial charge in [0.2, 0.25) is 0 Å². The molecule has 2 N–H and O–H groups in total. The highest BCUT2D eigenvalue weighted by Crippen LogP contribution is 2.19. The Morgan fingerprint density at radius 2 is 2.00 bits per heavy atom. The Hall–Kier alpha value is -1.88. The minimum atomic E-state index is -1.08. The number of hydrogen-bond donors (Lipinski definition) is 2. The maximum Gasteiger partial charge on any atom is 0.352 e. The predicted octanol–water partition coefficient (Wildman–Crippen LogP) is 3.01. The van der Waals surface area contributed by atoms with Crippen LogP contribution in [0.25, 0.3) is 0 Å². The molecule has 0 aliphatic carbocycles. The molecule has 0 amide bonds. The Kier molecular flexibility index (Phi) is 3.34. The van der Waals surface area contributed by atoms with Crippen LogP contribution in [0, 0.1) is 6.92 Å². The van der Waals surface area contributed by atoms with E-state index >= 15 is 0 Å². The van der Waals surface area contributed by atoms with Crippen LogP contribution < -0.4 is 0 Å². The molecule has 0 aliphatic heterocycles. The first kappa shape index (κ1) is 12.6. The van der Waals surface area contributed by atoms with E-state index < -0.39 is 5.97 Å². The standard InChI is InChI=1S/C13H10BrNO3/c1-7-2-3-9(14)5-10(7)12(16)8-4-11(13(17)18)15-6-8/h2-6,15H,1H3,(H,17,18). The first-order valence-electron chi connectivity index (χ1n) is 5.21. The smallest absolute Gasteiger partial charge is 0.352 e. The number of aromatic carboxylic acids is 1. The third-order valence-electron chi connectivity index (χ3n) is 2.62. The number of carboxylic acids is 1. The van der Waals surface area contributed by atoms with Crippen molar-refractivity contribution in [2.24, 2.45) is 0 Å². The number of carboxylic acid groups (broad SMARTS) is 1. The lowest BCUT2D eigenvalue weighted by atomic mass is 10.0. The van der Waals surface area contributed by atoms with Gasteiger partial charge in [-0.2, -0.15) is 0 Å². The van der Waals surface area contributed by atoms with E-state index in [2.05, 4.69) is 20.9 Å². The van der Waals surface area contributed by atoms with E-state index in [1.165, 1.54) is 12.3 Å². The van der Waals surface area contributed by atoms with Crippen LogP contribution in [-0.4, -0.2) is 21.8 Å². The normalized spacial score (nSPS) is 10.3. The third kappa shape index (κ3) is 2.36. The molecular formula is C13H10BrNO3. The fraction of sp³-hybridized carbons (Fsp3) is 0.0769. The van der Waals surface area contributed by atoms with Crippen molar-refractivity contribution in [1.29, 1.82) is 0 Å². The molecule has 5 heteroatoms. The molecular weight excluding hydrogens is 298 g/mol. The van der Waals surface area contributed by atoms with Gasteiger partial charge in [-0.05, 0) is 30.7 Å². The summed E-state index contributed by atoms with van der Waals surface area (Å²) in [5, 5.41) is 8.80. The number of aromatic amines is 1. The molecule has 0 radical (unpaired) electrons. The monoisotopic (exact) mass is 307 g/mol. The molecule has 2 rings (SSSR count). The van der Waals surface area contributed by atoms with Gasteiger partial charge in [-0.25, -0.2) is 4.79 Å². The van der Waals surface area contributed by atoms with Crippen molar-refractivity contribution in [2.75, 3.05) is 0 Å². The first-order valence-corrected chi connectivity index (χ1v) is 6.01. The molecule has 0 spiro atoms. The summed E-state index contributed by atoms with van der Waals surface area (Å²) in [6, 6.07) is 6.75. The van der Waals surface area contributed by atoms with Crippen molar-refractivity contribution in [3.63, 3.8) is 0 Å². The van der Waals surface area contributed by atoms with E-state index in [0.29, 0.717) is 11.1 Å². The maximum absolute atomic E-state index is 12.2. The SMILES string of the molecule is Cc1ccc(Br)cc1C(=O)c1c[nH]c(C(=O)O)c1. The Balaban J connectivity index is 2.41. The maximum atomic E-state index is 12.2. The number of aryl methyl sites for hydroxylation is 1. The van der Waals surface area contributed by atoms with Gasteiger partial charge in [0.25, 0.3) is 0 Å². The lowest BCUT2D eigenvalue weighted by Gasteiger charge is -2.03. The number of ketones is 1. The molecule has 0 atom stereocenters. The Bertz CT molecular complexity index is 631. The summed E-state index contributed by atoms with van der Waals surface area (Å²) in [7, 11) is 0. The van der Waals surface area contributed by atoms with Crippen LogP contribution in [0.1, 0.15) is 32.0 Å². The second-order valence-corrected chi connectivity index (χ2v) is 4.81. The molecule has 0 saturated carbocycles. The summed E-state index contributed by atoms with van der Waals surface area (Å²) in [4.78, 5) is 25.5. The van der Waals surface area contributed by atoms with Crippen LogP contribution in [0.15, 0.2) is 34.9 Å². The Labute approximate surface area is 112 Å². The average molecular weight is 308 g/mol. The van der Waals surface area contributed by atoms with Crippen molar-refractivity contribution in [3.8, 4) is 0 Å². The number of carbonyl (C=O) groups excluding carboxylic acids is 1. The summed E-state index contributed by atoms with van der Waals surface area (Å²) in [5.41, 5.74) is 1.75. The van der Waals surface area contributed by atoms with Crippen LogP contribution in [0.3, 0.4) is 0 Å².